The highest BCUT2D eigenvalue weighted by Gasteiger charge is 1.99. The Hall–Kier alpha value is -2.24. The van der Waals surface area contributed by atoms with Crippen LogP contribution in [-0.4, -0.2) is 11.7 Å². The minimum Gasteiger partial charge on any atom is -0.481 e. The summed E-state index contributed by atoms with van der Waals surface area (Å²) in [5.74, 6) is 6.75. The van der Waals surface area contributed by atoms with Crippen LogP contribution in [-0.2, 0) is 0 Å². The van der Waals surface area contributed by atoms with E-state index in [1.54, 1.807) is 6.92 Å². The number of aliphatic hydroxyl groups is 1. The van der Waals surface area contributed by atoms with Crippen molar-refractivity contribution in [3.63, 3.8) is 0 Å². The topological polar surface area (TPSA) is 29.5 Å². The first-order valence-corrected chi connectivity index (χ1v) is 6.20. The molecule has 0 aliphatic rings. The lowest BCUT2D eigenvalue weighted by molar-refractivity contribution is 0.199. The molecule has 1 N–H and O–H groups in total. The van der Waals surface area contributed by atoms with Crippen LogP contribution in [0.25, 0.3) is 0 Å². The lowest BCUT2D eigenvalue weighted by atomic mass is 10.1. The standard InChI is InChI=1S/C17H16O2/c1-14(18)16-9-11-17(12-10-16)19-13-5-8-15-6-3-2-4-7-15/h2-4,6-7,9-12,14,18H,13H2,1H3/t14-/m0/s1. The highest BCUT2D eigenvalue weighted by atomic mass is 16.5. The van der Waals surface area contributed by atoms with E-state index in [9.17, 15) is 5.11 Å². The number of ether oxygens (including phenoxy) is 1. The second kappa shape index (κ2) is 6.63. The summed E-state index contributed by atoms with van der Waals surface area (Å²) < 4.78 is 5.51. The quantitative estimate of drug-likeness (QED) is 0.850. The molecule has 2 aromatic rings. The van der Waals surface area contributed by atoms with Crippen LogP contribution in [0.3, 0.4) is 0 Å². The lowest BCUT2D eigenvalue weighted by Gasteiger charge is -2.06. The maximum Gasteiger partial charge on any atom is 0.149 e. The van der Waals surface area contributed by atoms with Crippen molar-refractivity contribution in [2.75, 3.05) is 6.61 Å². The predicted octanol–water partition coefficient (Wildman–Crippen LogP) is 3.17. The second-order valence-corrected chi connectivity index (χ2v) is 4.20. The van der Waals surface area contributed by atoms with Crippen LogP contribution < -0.4 is 4.74 Å². The van der Waals surface area contributed by atoms with Crippen LogP contribution >= 0.6 is 0 Å². The van der Waals surface area contributed by atoms with E-state index < -0.39 is 6.10 Å². The van der Waals surface area contributed by atoms with Gasteiger partial charge < -0.3 is 9.84 Å². The van der Waals surface area contributed by atoms with Gasteiger partial charge in [-0.3, -0.25) is 0 Å². The minimum absolute atomic E-state index is 0.350. The van der Waals surface area contributed by atoms with Crippen molar-refractivity contribution < 1.29 is 9.84 Å². The van der Waals surface area contributed by atoms with Gasteiger partial charge in [0.05, 0.1) is 6.10 Å². The first-order valence-electron chi connectivity index (χ1n) is 6.20. The molecule has 2 heteroatoms. The summed E-state index contributed by atoms with van der Waals surface area (Å²) in [7, 11) is 0. The summed E-state index contributed by atoms with van der Waals surface area (Å²) in [6.45, 7) is 2.09. The first-order chi connectivity index (χ1) is 9.25. The molecule has 0 heterocycles. The average Bonchev–Trinajstić information content (AvgIpc) is 2.45. The predicted molar refractivity (Wildman–Crippen MR) is 75.9 cm³/mol. The fourth-order valence-electron chi connectivity index (χ4n) is 1.62. The Kier molecular flexibility index (Phi) is 4.60. The molecule has 0 spiro atoms. The second-order valence-electron chi connectivity index (χ2n) is 4.20. The number of aliphatic hydroxyl groups excluding tert-OH is 1. The van der Waals surface area contributed by atoms with Gasteiger partial charge in [-0.1, -0.05) is 42.2 Å². The normalized spacial score (nSPS) is 11.3. The van der Waals surface area contributed by atoms with Crippen molar-refractivity contribution in [2.24, 2.45) is 0 Å². The zero-order valence-electron chi connectivity index (χ0n) is 10.8. The number of benzene rings is 2. The Morgan fingerprint density at radius 2 is 1.74 bits per heavy atom. The zero-order valence-corrected chi connectivity index (χ0v) is 10.8. The van der Waals surface area contributed by atoms with E-state index in [-0.39, 0.29) is 0 Å². The van der Waals surface area contributed by atoms with Crippen LogP contribution in [0.4, 0.5) is 0 Å². The Labute approximate surface area is 113 Å². The van der Waals surface area contributed by atoms with Crippen molar-refractivity contribution in [3.8, 4) is 17.6 Å². The SMILES string of the molecule is C[C@H](O)c1ccc(OCC#Cc2ccccc2)cc1. The molecule has 0 saturated carbocycles. The average molecular weight is 252 g/mol. The van der Waals surface area contributed by atoms with Crippen molar-refractivity contribution in [1.29, 1.82) is 0 Å². The largest absolute Gasteiger partial charge is 0.481 e. The molecule has 0 fully saturated rings. The Balaban J connectivity index is 1.88. The molecule has 0 aliphatic heterocycles. The van der Waals surface area contributed by atoms with Gasteiger partial charge in [-0.2, -0.15) is 0 Å². The summed E-state index contributed by atoms with van der Waals surface area (Å²) in [6.07, 6.45) is -0.452. The third kappa shape index (κ3) is 4.17. The van der Waals surface area contributed by atoms with Gasteiger partial charge in [-0.05, 0) is 36.8 Å². The van der Waals surface area contributed by atoms with Crippen LogP contribution in [0.15, 0.2) is 54.6 Å². The fourth-order valence-corrected chi connectivity index (χ4v) is 1.62. The van der Waals surface area contributed by atoms with Crippen molar-refractivity contribution in [2.45, 2.75) is 13.0 Å². The van der Waals surface area contributed by atoms with E-state index in [1.807, 2.05) is 54.6 Å². The highest BCUT2D eigenvalue weighted by Crippen LogP contribution is 2.16. The molecule has 0 aliphatic carbocycles. The van der Waals surface area contributed by atoms with Gasteiger partial charge >= 0.3 is 0 Å². The number of hydrogen-bond donors (Lipinski definition) is 1. The monoisotopic (exact) mass is 252 g/mol. The van der Waals surface area contributed by atoms with Gasteiger partial charge in [0, 0.05) is 5.56 Å². The van der Waals surface area contributed by atoms with Crippen molar-refractivity contribution in [1.82, 2.24) is 0 Å². The molecule has 2 rings (SSSR count). The first kappa shape index (κ1) is 13.2. The molecule has 2 aromatic carbocycles. The van der Waals surface area contributed by atoms with Crippen molar-refractivity contribution >= 4 is 0 Å². The van der Waals surface area contributed by atoms with E-state index in [2.05, 4.69) is 11.8 Å². The summed E-state index contributed by atoms with van der Waals surface area (Å²) in [5, 5.41) is 9.39. The minimum atomic E-state index is -0.452. The maximum atomic E-state index is 9.39. The van der Waals surface area contributed by atoms with E-state index in [0.29, 0.717) is 6.61 Å². The molecule has 0 aromatic heterocycles. The van der Waals surface area contributed by atoms with E-state index >= 15 is 0 Å². The van der Waals surface area contributed by atoms with Crippen molar-refractivity contribution in [3.05, 3.63) is 65.7 Å². The number of hydrogen-bond acceptors (Lipinski definition) is 2. The molecule has 0 saturated heterocycles. The molecule has 1 atom stereocenters. The van der Waals surface area contributed by atoms with Gasteiger partial charge in [0.2, 0.25) is 0 Å². The van der Waals surface area contributed by atoms with Crippen LogP contribution in [0.1, 0.15) is 24.2 Å². The molecule has 0 unspecified atom stereocenters. The molecule has 0 amide bonds. The summed E-state index contributed by atoms with van der Waals surface area (Å²) in [6, 6.07) is 17.2. The molecular weight excluding hydrogens is 236 g/mol. The molecule has 2 nitrogen and oxygen atoms in total. The van der Waals surface area contributed by atoms with Gasteiger partial charge in [-0.15, -0.1) is 0 Å². The van der Waals surface area contributed by atoms with Crippen LogP contribution in [0.5, 0.6) is 5.75 Å². The van der Waals surface area contributed by atoms with Gasteiger partial charge in [-0.25, -0.2) is 0 Å². The van der Waals surface area contributed by atoms with Gasteiger partial charge in [0.15, 0.2) is 0 Å². The zero-order chi connectivity index (χ0) is 13.5. The summed E-state index contributed by atoms with van der Waals surface area (Å²) >= 11 is 0. The molecule has 0 bridgehead atoms. The Bertz CT molecular complexity index is 560. The van der Waals surface area contributed by atoms with Crippen LogP contribution in [0.2, 0.25) is 0 Å². The van der Waals surface area contributed by atoms with Gasteiger partial charge in [0.1, 0.15) is 12.4 Å². The highest BCUT2D eigenvalue weighted by molar-refractivity contribution is 5.34. The smallest absolute Gasteiger partial charge is 0.149 e. The molecular formula is C17H16O2. The van der Waals surface area contributed by atoms with Crippen LogP contribution in [0, 0.1) is 11.8 Å². The molecule has 0 radical (unpaired) electrons. The third-order valence-electron chi connectivity index (χ3n) is 2.68. The van der Waals surface area contributed by atoms with E-state index in [1.165, 1.54) is 0 Å². The fraction of sp³-hybridized carbons (Fsp3) is 0.176. The third-order valence-corrected chi connectivity index (χ3v) is 2.68. The van der Waals surface area contributed by atoms with E-state index in [0.717, 1.165) is 16.9 Å². The molecule has 96 valence electrons. The van der Waals surface area contributed by atoms with E-state index in [4.69, 9.17) is 4.74 Å². The Morgan fingerprint density at radius 1 is 1.05 bits per heavy atom. The lowest BCUT2D eigenvalue weighted by Crippen LogP contribution is -1.95. The van der Waals surface area contributed by atoms with Gasteiger partial charge in [0.25, 0.3) is 0 Å². The summed E-state index contributed by atoms with van der Waals surface area (Å²) in [4.78, 5) is 0. The summed E-state index contributed by atoms with van der Waals surface area (Å²) in [5.41, 5.74) is 1.86. The molecule has 19 heavy (non-hydrogen) atoms. The number of rotatable bonds is 3. The maximum absolute atomic E-state index is 9.39. The Morgan fingerprint density at radius 3 is 2.37 bits per heavy atom.